The van der Waals surface area contributed by atoms with Gasteiger partial charge in [0.15, 0.2) is 5.13 Å². The molecule has 2 rings (SSSR count). The summed E-state index contributed by atoms with van der Waals surface area (Å²) in [7, 11) is 0. The Morgan fingerprint density at radius 1 is 1.32 bits per heavy atom. The second kappa shape index (κ2) is 6.21. The maximum Gasteiger partial charge on any atom is 0.239 e. The van der Waals surface area contributed by atoms with Crippen molar-refractivity contribution in [2.24, 2.45) is 5.84 Å². The molecule has 4 N–H and O–H groups in total. The molecule has 0 spiro atoms. The molecule has 0 aliphatic heterocycles. The molecule has 8 heteroatoms. The van der Waals surface area contributed by atoms with Crippen LogP contribution in [0.5, 0.6) is 0 Å². The van der Waals surface area contributed by atoms with Gasteiger partial charge >= 0.3 is 0 Å². The first-order valence-electron chi connectivity index (χ1n) is 5.24. The van der Waals surface area contributed by atoms with Gasteiger partial charge in [0.05, 0.1) is 12.1 Å². The van der Waals surface area contributed by atoms with Crippen molar-refractivity contribution in [3.05, 3.63) is 39.3 Å². The highest BCUT2D eigenvalue weighted by Gasteiger charge is 2.07. The summed E-state index contributed by atoms with van der Waals surface area (Å²) in [6.07, 6.45) is 0.144. The van der Waals surface area contributed by atoms with Gasteiger partial charge < -0.3 is 5.32 Å². The molecule has 1 amide bonds. The molecule has 0 radical (unpaired) electrons. The van der Waals surface area contributed by atoms with E-state index in [4.69, 9.17) is 29.0 Å². The molecule has 2 aromatic rings. The van der Waals surface area contributed by atoms with Gasteiger partial charge in [0.1, 0.15) is 0 Å². The predicted octanol–water partition coefficient (Wildman–Crippen LogP) is 2.73. The van der Waals surface area contributed by atoms with E-state index in [-0.39, 0.29) is 12.3 Å². The molecule has 5 nitrogen and oxygen atoms in total. The van der Waals surface area contributed by atoms with Crippen LogP contribution in [0.3, 0.4) is 0 Å². The van der Waals surface area contributed by atoms with Crippen LogP contribution in [0, 0.1) is 0 Å². The molecular weight excluding hydrogens is 307 g/mol. The summed E-state index contributed by atoms with van der Waals surface area (Å²) >= 11 is 13.2. The number of hydrogen-bond donors (Lipinski definition) is 3. The van der Waals surface area contributed by atoms with Crippen molar-refractivity contribution in [2.75, 3.05) is 5.32 Å². The summed E-state index contributed by atoms with van der Waals surface area (Å²) < 4.78 is 0. The number of aromatic nitrogens is 1. The largest absolute Gasteiger partial charge is 0.331 e. The second-order valence-electron chi connectivity index (χ2n) is 3.67. The highest BCUT2D eigenvalue weighted by molar-refractivity contribution is 7.13. The summed E-state index contributed by atoms with van der Waals surface area (Å²) in [6, 6.07) is 5.12. The van der Waals surface area contributed by atoms with Crippen LogP contribution in [0.2, 0.25) is 10.0 Å². The molecule has 0 aliphatic carbocycles. The van der Waals surface area contributed by atoms with E-state index in [0.29, 0.717) is 20.9 Å². The maximum absolute atomic E-state index is 11.1. The van der Waals surface area contributed by atoms with Gasteiger partial charge in [0, 0.05) is 21.1 Å². The maximum atomic E-state index is 11.1. The van der Waals surface area contributed by atoms with Crippen molar-refractivity contribution in [2.45, 2.75) is 6.42 Å². The minimum atomic E-state index is -0.289. The fourth-order valence-corrected chi connectivity index (χ4v) is 2.67. The number of rotatable bonds is 4. The number of amides is 1. The highest BCUT2D eigenvalue weighted by Crippen LogP contribution is 2.26. The average Bonchev–Trinajstić information content (AvgIpc) is 2.74. The number of halogens is 2. The van der Waals surface area contributed by atoms with Crippen molar-refractivity contribution in [1.82, 2.24) is 10.4 Å². The third-order valence-corrected chi connectivity index (χ3v) is 3.41. The van der Waals surface area contributed by atoms with E-state index in [2.05, 4.69) is 15.7 Å². The molecule has 0 fully saturated rings. The quantitative estimate of drug-likeness (QED) is 0.460. The van der Waals surface area contributed by atoms with Gasteiger partial charge in [-0.05, 0) is 18.2 Å². The molecule has 0 saturated heterocycles. The van der Waals surface area contributed by atoms with E-state index in [1.807, 2.05) is 0 Å². The lowest BCUT2D eigenvalue weighted by Gasteiger charge is -2.03. The van der Waals surface area contributed by atoms with E-state index in [9.17, 15) is 4.79 Å². The average molecular weight is 317 g/mol. The number of nitrogens with two attached hydrogens (primary N) is 1. The normalized spacial score (nSPS) is 10.3. The Labute approximate surface area is 123 Å². The van der Waals surface area contributed by atoms with Crippen LogP contribution in [-0.2, 0) is 11.2 Å². The summed E-state index contributed by atoms with van der Waals surface area (Å²) in [6.45, 7) is 0. The third kappa shape index (κ3) is 4.07. The minimum absolute atomic E-state index is 0.144. The van der Waals surface area contributed by atoms with Crippen LogP contribution in [-0.4, -0.2) is 10.9 Å². The molecular formula is C11H10Cl2N4OS. The van der Waals surface area contributed by atoms with E-state index < -0.39 is 0 Å². The lowest BCUT2D eigenvalue weighted by atomic mass is 10.3. The van der Waals surface area contributed by atoms with Gasteiger partial charge in [-0.1, -0.05) is 23.2 Å². The molecule has 0 saturated carbocycles. The van der Waals surface area contributed by atoms with Crippen molar-refractivity contribution >= 4 is 51.3 Å². The van der Waals surface area contributed by atoms with Crippen LogP contribution in [0.1, 0.15) is 5.69 Å². The lowest BCUT2D eigenvalue weighted by molar-refractivity contribution is -0.120. The topological polar surface area (TPSA) is 80.0 Å². The van der Waals surface area contributed by atoms with Crippen LogP contribution >= 0.6 is 34.5 Å². The lowest BCUT2D eigenvalue weighted by Crippen LogP contribution is -2.31. The molecule has 100 valence electrons. The Bertz CT molecular complexity index is 582. The zero-order valence-electron chi connectivity index (χ0n) is 9.61. The van der Waals surface area contributed by atoms with E-state index in [1.54, 1.807) is 23.6 Å². The number of nitrogens with one attached hydrogen (secondary N) is 2. The molecule has 0 atom stereocenters. The van der Waals surface area contributed by atoms with E-state index >= 15 is 0 Å². The summed E-state index contributed by atoms with van der Waals surface area (Å²) in [5.41, 5.74) is 3.44. The zero-order chi connectivity index (χ0) is 13.8. The first-order valence-corrected chi connectivity index (χ1v) is 6.87. The standard InChI is InChI=1S/C11H10Cl2N4OS/c12-6-1-7(13)3-8(2-6)15-11-16-9(5-19-11)4-10(18)17-14/h1-3,5H,4,14H2,(H,15,16)(H,17,18). The number of carbonyl (C=O) groups is 1. The van der Waals surface area contributed by atoms with Crippen molar-refractivity contribution in [1.29, 1.82) is 0 Å². The Hall–Kier alpha value is -1.34. The Morgan fingerprint density at radius 3 is 2.63 bits per heavy atom. The molecule has 1 aromatic heterocycles. The summed E-state index contributed by atoms with van der Waals surface area (Å²) in [5, 5.41) is 6.58. The number of nitrogens with zero attached hydrogens (tertiary/aromatic N) is 1. The van der Waals surface area contributed by atoms with Crippen LogP contribution in [0.15, 0.2) is 23.6 Å². The summed E-state index contributed by atoms with van der Waals surface area (Å²) in [4.78, 5) is 15.4. The van der Waals surface area contributed by atoms with Crippen LogP contribution in [0.25, 0.3) is 0 Å². The van der Waals surface area contributed by atoms with E-state index in [1.165, 1.54) is 11.3 Å². The van der Waals surface area contributed by atoms with Crippen molar-refractivity contribution in [3.8, 4) is 0 Å². The van der Waals surface area contributed by atoms with E-state index in [0.717, 1.165) is 5.69 Å². The molecule has 19 heavy (non-hydrogen) atoms. The third-order valence-electron chi connectivity index (χ3n) is 2.17. The number of anilines is 2. The van der Waals surface area contributed by atoms with Gasteiger partial charge in [-0.3, -0.25) is 10.2 Å². The summed E-state index contributed by atoms with van der Waals surface area (Å²) in [5.74, 6) is 4.73. The smallest absolute Gasteiger partial charge is 0.239 e. The monoisotopic (exact) mass is 316 g/mol. The molecule has 1 aromatic carbocycles. The number of carbonyl (C=O) groups excluding carboxylic acids is 1. The number of hydrazine groups is 1. The molecule has 1 heterocycles. The fraction of sp³-hybridized carbons (Fsp3) is 0.0909. The molecule has 0 bridgehead atoms. The number of thiazole rings is 1. The zero-order valence-corrected chi connectivity index (χ0v) is 11.9. The first-order chi connectivity index (χ1) is 9.06. The molecule has 0 aliphatic rings. The number of benzene rings is 1. The SMILES string of the molecule is NNC(=O)Cc1csc(Nc2cc(Cl)cc(Cl)c2)n1. The minimum Gasteiger partial charge on any atom is -0.331 e. The fourth-order valence-electron chi connectivity index (χ4n) is 1.41. The predicted molar refractivity (Wildman–Crippen MR) is 77.9 cm³/mol. The highest BCUT2D eigenvalue weighted by atomic mass is 35.5. The van der Waals surface area contributed by atoms with Gasteiger partial charge in [0.25, 0.3) is 0 Å². The Balaban J connectivity index is 2.09. The van der Waals surface area contributed by atoms with Crippen LogP contribution in [0.4, 0.5) is 10.8 Å². The van der Waals surface area contributed by atoms with Gasteiger partial charge in [0.2, 0.25) is 5.91 Å². The van der Waals surface area contributed by atoms with Crippen molar-refractivity contribution < 1.29 is 4.79 Å². The van der Waals surface area contributed by atoms with Crippen LogP contribution < -0.4 is 16.6 Å². The molecule has 0 unspecified atom stereocenters. The number of hydrogen-bond acceptors (Lipinski definition) is 5. The Morgan fingerprint density at radius 2 is 2.00 bits per heavy atom. The first kappa shape index (κ1) is 14.1. The van der Waals surface area contributed by atoms with Gasteiger partial charge in [-0.2, -0.15) is 0 Å². The Kier molecular flexibility index (Phi) is 4.60. The second-order valence-corrected chi connectivity index (χ2v) is 5.40. The van der Waals surface area contributed by atoms with Gasteiger partial charge in [-0.25, -0.2) is 10.8 Å². The van der Waals surface area contributed by atoms with Crippen molar-refractivity contribution in [3.63, 3.8) is 0 Å². The van der Waals surface area contributed by atoms with Gasteiger partial charge in [-0.15, -0.1) is 11.3 Å².